The molecule has 1 aromatic carbocycles. The number of aldehydes is 1. The summed E-state index contributed by atoms with van der Waals surface area (Å²) in [6.07, 6.45) is 2.91. The molecule has 0 N–H and O–H groups in total. The van der Waals surface area contributed by atoms with Crippen molar-refractivity contribution in [1.29, 1.82) is 0 Å². The van der Waals surface area contributed by atoms with Gasteiger partial charge in [-0.15, -0.1) is 0 Å². The molecular weight excluding hydrogens is 222 g/mol. The SMILES string of the molecule is CC(C)n1c(C=O)ccc1CCc1ccccc1. The largest absolute Gasteiger partial charge is 0.340 e. The van der Waals surface area contributed by atoms with E-state index in [0.717, 1.165) is 24.8 Å². The molecule has 0 radical (unpaired) electrons. The predicted octanol–water partition coefficient (Wildman–Crippen LogP) is 3.67. The highest BCUT2D eigenvalue weighted by atomic mass is 16.1. The van der Waals surface area contributed by atoms with Crippen molar-refractivity contribution in [3.63, 3.8) is 0 Å². The van der Waals surface area contributed by atoms with Crippen molar-refractivity contribution < 1.29 is 4.79 Å². The topological polar surface area (TPSA) is 22.0 Å². The number of rotatable bonds is 5. The minimum Gasteiger partial charge on any atom is -0.340 e. The molecule has 2 heteroatoms. The zero-order valence-corrected chi connectivity index (χ0v) is 11.0. The molecule has 0 aliphatic carbocycles. The predicted molar refractivity (Wildman–Crippen MR) is 74.1 cm³/mol. The lowest BCUT2D eigenvalue weighted by Crippen LogP contribution is -2.09. The Balaban J connectivity index is 2.15. The van der Waals surface area contributed by atoms with Crippen molar-refractivity contribution in [1.82, 2.24) is 4.57 Å². The lowest BCUT2D eigenvalue weighted by atomic mass is 10.1. The molecule has 2 nitrogen and oxygen atoms in total. The van der Waals surface area contributed by atoms with Gasteiger partial charge in [-0.3, -0.25) is 4.79 Å². The highest BCUT2D eigenvalue weighted by molar-refractivity contribution is 5.72. The van der Waals surface area contributed by atoms with Gasteiger partial charge in [-0.2, -0.15) is 0 Å². The number of aryl methyl sites for hydroxylation is 2. The van der Waals surface area contributed by atoms with Gasteiger partial charge in [-0.25, -0.2) is 0 Å². The number of nitrogens with zero attached hydrogens (tertiary/aromatic N) is 1. The average Bonchev–Trinajstić information content (AvgIpc) is 2.80. The van der Waals surface area contributed by atoms with Gasteiger partial charge < -0.3 is 4.57 Å². The maximum Gasteiger partial charge on any atom is 0.166 e. The van der Waals surface area contributed by atoms with E-state index < -0.39 is 0 Å². The molecular formula is C16H19NO. The van der Waals surface area contributed by atoms with Crippen LogP contribution in [-0.4, -0.2) is 10.9 Å². The van der Waals surface area contributed by atoms with E-state index in [2.05, 4.69) is 48.7 Å². The molecule has 0 unspecified atom stereocenters. The van der Waals surface area contributed by atoms with Crippen LogP contribution in [0.15, 0.2) is 42.5 Å². The van der Waals surface area contributed by atoms with Crippen molar-refractivity contribution >= 4 is 6.29 Å². The number of benzene rings is 1. The number of hydrogen-bond donors (Lipinski definition) is 0. The molecule has 0 amide bonds. The average molecular weight is 241 g/mol. The Bertz CT molecular complexity index is 511. The summed E-state index contributed by atoms with van der Waals surface area (Å²) >= 11 is 0. The Morgan fingerprint density at radius 1 is 1.06 bits per heavy atom. The summed E-state index contributed by atoms with van der Waals surface area (Å²) in [6.45, 7) is 4.22. The van der Waals surface area contributed by atoms with Gasteiger partial charge >= 0.3 is 0 Å². The molecule has 1 heterocycles. The summed E-state index contributed by atoms with van der Waals surface area (Å²) in [5.41, 5.74) is 3.34. The van der Waals surface area contributed by atoms with Crippen LogP contribution < -0.4 is 0 Å². The van der Waals surface area contributed by atoms with Crippen molar-refractivity contribution in [2.75, 3.05) is 0 Å². The molecule has 1 aromatic heterocycles. The van der Waals surface area contributed by atoms with Crippen LogP contribution in [-0.2, 0) is 12.8 Å². The van der Waals surface area contributed by atoms with E-state index in [1.165, 1.54) is 11.3 Å². The molecule has 0 aliphatic heterocycles. The third kappa shape index (κ3) is 2.70. The molecule has 0 aliphatic rings. The normalized spacial score (nSPS) is 10.8. The van der Waals surface area contributed by atoms with Crippen LogP contribution in [0, 0.1) is 0 Å². The second-order valence-electron chi connectivity index (χ2n) is 4.82. The van der Waals surface area contributed by atoms with Crippen molar-refractivity contribution in [2.45, 2.75) is 32.7 Å². The smallest absolute Gasteiger partial charge is 0.166 e. The van der Waals surface area contributed by atoms with E-state index in [4.69, 9.17) is 0 Å². The molecule has 2 aromatic rings. The van der Waals surface area contributed by atoms with E-state index in [1.807, 2.05) is 12.1 Å². The number of aromatic nitrogens is 1. The van der Waals surface area contributed by atoms with Crippen molar-refractivity contribution in [3.8, 4) is 0 Å². The first kappa shape index (κ1) is 12.6. The lowest BCUT2D eigenvalue weighted by Gasteiger charge is -2.15. The minimum atomic E-state index is 0.325. The second kappa shape index (κ2) is 5.67. The van der Waals surface area contributed by atoms with Crippen LogP contribution >= 0.6 is 0 Å². The Hall–Kier alpha value is -1.83. The lowest BCUT2D eigenvalue weighted by molar-refractivity contribution is 0.111. The van der Waals surface area contributed by atoms with Gasteiger partial charge in [0.15, 0.2) is 6.29 Å². The maximum absolute atomic E-state index is 11.0. The molecule has 0 saturated heterocycles. The van der Waals surface area contributed by atoms with Gasteiger partial charge in [0.25, 0.3) is 0 Å². The summed E-state index contributed by atoms with van der Waals surface area (Å²) in [4.78, 5) is 11.0. The molecule has 0 spiro atoms. The summed E-state index contributed by atoms with van der Waals surface area (Å²) in [6, 6.07) is 14.7. The Kier molecular flexibility index (Phi) is 3.98. The maximum atomic E-state index is 11.0. The van der Waals surface area contributed by atoms with E-state index >= 15 is 0 Å². The Morgan fingerprint density at radius 2 is 1.78 bits per heavy atom. The monoisotopic (exact) mass is 241 g/mol. The quantitative estimate of drug-likeness (QED) is 0.732. The summed E-state index contributed by atoms with van der Waals surface area (Å²) < 4.78 is 2.12. The van der Waals surface area contributed by atoms with Gasteiger partial charge in [-0.1, -0.05) is 30.3 Å². The van der Waals surface area contributed by atoms with Crippen LogP contribution in [0.2, 0.25) is 0 Å². The third-order valence-corrected chi connectivity index (χ3v) is 3.18. The van der Waals surface area contributed by atoms with Crippen molar-refractivity contribution in [2.24, 2.45) is 0 Å². The number of carbonyl (C=O) groups excluding carboxylic acids is 1. The first-order valence-corrected chi connectivity index (χ1v) is 6.41. The van der Waals surface area contributed by atoms with E-state index in [9.17, 15) is 4.79 Å². The van der Waals surface area contributed by atoms with E-state index in [1.54, 1.807) is 0 Å². The van der Waals surface area contributed by atoms with Crippen LogP contribution in [0.3, 0.4) is 0 Å². The zero-order valence-electron chi connectivity index (χ0n) is 11.0. The van der Waals surface area contributed by atoms with Crippen molar-refractivity contribution in [3.05, 3.63) is 59.4 Å². The van der Waals surface area contributed by atoms with E-state index in [-0.39, 0.29) is 0 Å². The first-order valence-electron chi connectivity index (χ1n) is 6.41. The molecule has 18 heavy (non-hydrogen) atoms. The van der Waals surface area contributed by atoms with Gasteiger partial charge in [-0.05, 0) is 44.4 Å². The second-order valence-corrected chi connectivity index (χ2v) is 4.82. The van der Waals surface area contributed by atoms with Gasteiger partial charge in [0.05, 0.1) is 5.69 Å². The van der Waals surface area contributed by atoms with Crippen LogP contribution in [0.5, 0.6) is 0 Å². The standard InChI is InChI=1S/C16H19NO/c1-13(2)17-15(10-11-16(17)12-18)9-8-14-6-4-3-5-7-14/h3-7,10-13H,8-9H2,1-2H3. The van der Waals surface area contributed by atoms with Crippen LogP contribution in [0.4, 0.5) is 0 Å². The Labute approximate surface area is 108 Å². The van der Waals surface area contributed by atoms with Gasteiger partial charge in [0.2, 0.25) is 0 Å². The fraction of sp³-hybridized carbons (Fsp3) is 0.312. The summed E-state index contributed by atoms with van der Waals surface area (Å²) in [7, 11) is 0. The highest BCUT2D eigenvalue weighted by Gasteiger charge is 2.10. The molecule has 0 bridgehead atoms. The Morgan fingerprint density at radius 3 is 2.39 bits per heavy atom. The number of carbonyl (C=O) groups is 1. The molecule has 2 rings (SSSR count). The minimum absolute atomic E-state index is 0.325. The fourth-order valence-electron chi connectivity index (χ4n) is 2.35. The summed E-state index contributed by atoms with van der Waals surface area (Å²) in [5.74, 6) is 0. The third-order valence-electron chi connectivity index (χ3n) is 3.18. The van der Waals surface area contributed by atoms with Gasteiger partial charge in [0.1, 0.15) is 0 Å². The molecule has 94 valence electrons. The molecule has 0 atom stereocenters. The van der Waals surface area contributed by atoms with Crippen LogP contribution in [0.25, 0.3) is 0 Å². The summed E-state index contributed by atoms with van der Waals surface area (Å²) in [5, 5.41) is 0. The zero-order chi connectivity index (χ0) is 13.0. The molecule has 0 fully saturated rings. The highest BCUT2D eigenvalue weighted by Crippen LogP contribution is 2.17. The number of hydrogen-bond acceptors (Lipinski definition) is 1. The van der Waals surface area contributed by atoms with Gasteiger partial charge in [0, 0.05) is 11.7 Å². The first-order chi connectivity index (χ1) is 8.72. The molecule has 0 saturated carbocycles. The van der Waals surface area contributed by atoms with E-state index in [0.29, 0.717) is 6.04 Å². The fourth-order valence-corrected chi connectivity index (χ4v) is 2.35. The van der Waals surface area contributed by atoms with Crippen LogP contribution in [0.1, 0.15) is 41.6 Å².